The van der Waals surface area contributed by atoms with Crippen LogP contribution < -0.4 is 5.32 Å². The normalized spacial score (nSPS) is 10.5. The molecule has 2 aromatic rings. The van der Waals surface area contributed by atoms with E-state index in [0.29, 0.717) is 16.3 Å². The number of halogens is 2. The zero-order valence-electron chi connectivity index (χ0n) is 12.0. The SMILES string of the molecule is O=C(COC(=O)/C=C/c1ccc(F)cc1)Nc1ccccc1Cl. The summed E-state index contributed by atoms with van der Waals surface area (Å²) < 4.78 is 17.5. The van der Waals surface area contributed by atoms with E-state index in [-0.39, 0.29) is 5.82 Å². The smallest absolute Gasteiger partial charge is 0.331 e. The maximum Gasteiger partial charge on any atom is 0.331 e. The zero-order chi connectivity index (χ0) is 16.7. The van der Waals surface area contributed by atoms with E-state index in [1.54, 1.807) is 24.3 Å². The Balaban J connectivity index is 1.81. The van der Waals surface area contributed by atoms with Crippen molar-refractivity contribution in [1.29, 1.82) is 0 Å². The molecule has 23 heavy (non-hydrogen) atoms. The fourth-order valence-corrected chi connectivity index (χ4v) is 1.85. The Labute approximate surface area is 137 Å². The third-order valence-corrected chi connectivity index (χ3v) is 3.10. The van der Waals surface area contributed by atoms with Crippen LogP contribution in [0.5, 0.6) is 0 Å². The minimum atomic E-state index is -0.677. The average Bonchev–Trinajstić information content (AvgIpc) is 2.54. The summed E-state index contributed by atoms with van der Waals surface area (Å²) in [4.78, 5) is 23.2. The highest BCUT2D eigenvalue weighted by atomic mass is 35.5. The van der Waals surface area contributed by atoms with Crippen molar-refractivity contribution in [2.75, 3.05) is 11.9 Å². The summed E-state index contributed by atoms with van der Waals surface area (Å²) in [6, 6.07) is 12.3. The average molecular weight is 334 g/mol. The standard InChI is InChI=1S/C17H13ClFNO3/c18-14-3-1-2-4-15(14)20-16(21)11-23-17(22)10-7-12-5-8-13(19)9-6-12/h1-10H,11H2,(H,20,21)/b10-7+. The molecule has 0 aliphatic heterocycles. The Bertz CT molecular complexity index is 729. The van der Waals surface area contributed by atoms with Crippen LogP contribution in [-0.4, -0.2) is 18.5 Å². The van der Waals surface area contributed by atoms with Gasteiger partial charge in [-0.25, -0.2) is 9.18 Å². The van der Waals surface area contributed by atoms with Gasteiger partial charge in [-0.15, -0.1) is 0 Å². The van der Waals surface area contributed by atoms with E-state index < -0.39 is 18.5 Å². The van der Waals surface area contributed by atoms with Gasteiger partial charge in [-0.2, -0.15) is 0 Å². The summed E-state index contributed by atoms with van der Waals surface area (Å²) in [5.74, 6) is -1.54. The summed E-state index contributed by atoms with van der Waals surface area (Å²) in [5, 5.41) is 2.92. The van der Waals surface area contributed by atoms with Crippen molar-refractivity contribution in [3.05, 3.63) is 71.0 Å². The highest BCUT2D eigenvalue weighted by Gasteiger charge is 2.07. The number of benzene rings is 2. The van der Waals surface area contributed by atoms with E-state index in [9.17, 15) is 14.0 Å². The van der Waals surface area contributed by atoms with Crippen LogP contribution in [0.4, 0.5) is 10.1 Å². The van der Waals surface area contributed by atoms with Gasteiger partial charge in [0, 0.05) is 6.08 Å². The van der Waals surface area contributed by atoms with Gasteiger partial charge in [0.25, 0.3) is 5.91 Å². The second-order valence-corrected chi connectivity index (χ2v) is 4.93. The van der Waals surface area contributed by atoms with Crippen LogP contribution in [0.15, 0.2) is 54.6 Å². The molecule has 4 nitrogen and oxygen atoms in total. The predicted molar refractivity (Wildman–Crippen MR) is 86.5 cm³/mol. The van der Waals surface area contributed by atoms with Gasteiger partial charge in [0.15, 0.2) is 6.61 Å². The van der Waals surface area contributed by atoms with E-state index in [4.69, 9.17) is 16.3 Å². The fourth-order valence-electron chi connectivity index (χ4n) is 1.67. The van der Waals surface area contributed by atoms with Gasteiger partial charge in [0.2, 0.25) is 0 Å². The van der Waals surface area contributed by atoms with E-state index in [2.05, 4.69) is 5.32 Å². The number of nitrogens with one attached hydrogen (secondary N) is 1. The topological polar surface area (TPSA) is 55.4 Å². The Morgan fingerprint density at radius 2 is 1.83 bits per heavy atom. The third kappa shape index (κ3) is 5.56. The van der Waals surface area contributed by atoms with Crippen LogP contribution in [0.2, 0.25) is 5.02 Å². The number of carbonyl (C=O) groups excluding carboxylic acids is 2. The van der Waals surface area contributed by atoms with Crippen LogP contribution in [0.3, 0.4) is 0 Å². The molecule has 2 aromatic carbocycles. The molecular formula is C17H13ClFNO3. The number of carbonyl (C=O) groups is 2. The van der Waals surface area contributed by atoms with Gasteiger partial charge < -0.3 is 10.1 Å². The summed E-state index contributed by atoms with van der Waals surface area (Å²) in [6.07, 6.45) is 2.63. The van der Waals surface area contributed by atoms with Crippen molar-refractivity contribution in [2.45, 2.75) is 0 Å². The Morgan fingerprint density at radius 3 is 2.52 bits per heavy atom. The molecule has 0 spiro atoms. The molecule has 0 radical (unpaired) electrons. The van der Waals surface area contributed by atoms with Gasteiger partial charge in [0.05, 0.1) is 10.7 Å². The molecule has 0 bridgehead atoms. The summed E-state index contributed by atoms with van der Waals surface area (Å²) in [6.45, 7) is -0.433. The first-order valence-corrected chi connectivity index (χ1v) is 7.07. The van der Waals surface area contributed by atoms with E-state index in [0.717, 1.165) is 6.08 Å². The molecule has 0 aliphatic rings. The van der Waals surface area contributed by atoms with Crippen LogP contribution in [0, 0.1) is 5.82 Å². The monoisotopic (exact) mass is 333 g/mol. The first-order valence-electron chi connectivity index (χ1n) is 6.69. The summed E-state index contributed by atoms with van der Waals surface area (Å²) in [5.41, 5.74) is 1.08. The lowest BCUT2D eigenvalue weighted by Crippen LogP contribution is -2.20. The zero-order valence-corrected chi connectivity index (χ0v) is 12.7. The highest BCUT2D eigenvalue weighted by molar-refractivity contribution is 6.33. The largest absolute Gasteiger partial charge is 0.452 e. The molecule has 0 saturated heterocycles. The molecule has 0 fully saturated rings. The number of amides is 1. The lowest BCUT2D eigenvalue weighted by Gasteiger charge is -2.06. The predicted octanol–water partition coefficient (Wildman–Crippen LogP) is 3.67. The molecule has 6 heteroatoms. The van der Waals surface area contributed by atoms with E-state index in [1.807, 2.05) is 0 Å². The Kier molecular flexibility index (Phi) is 5.88. The van der Waals surface area contributed by atoms with E-state index in [1.165, 1.54) is 30.3 Å². The second-order valence-electron chi connectivity index (χ2n) is 4.52. The van der Waals surface area contributed by atoms with Crippen LogP contribution in [0.25, 0.3) is 6.08 Å². The quantitative estimate of drug-likeness (QED) is 0.671. The number of hydrogen-bond acceptors (Lipinski definition) is 3. The maximum absolute atomic E-state index is 12.7. The molecule has 0 aliphatic carbocycles. The number of para-hydroxylation sites is 1. The van der Waals surface area contributed by atoms with Crippen LogP contribution in [-0.2, 0) is 14.3 Å². The molecule has 1 amide bonds. The van der Waals surface area contributed by atoms with Crippen molar-refractivity contribution in [1.82, 2.24) is 0 Å². The number of anilines is 1. The Hall–Kier alpha value is -2.66. The van der Waals surface area contributed by atoms with Gasteiger partial charge in [-0.1, -0.05) is 35.9 Å². The fraction of sp³-hybridized carbons (Fsp3) is 0.0588. The molecule has 118 valence electrons. The minimum absolute atomic E-state index is 0.360. The van der Waals surface area contributed by atoms with Crippen molar-refractivity contribution in [3.63, 3.8) is 0 Å². The summed E-state index contributed by atoms with van der Waals surface area (Å²) >= 11 is 5.90. The number of rotatable bonds is 5. The molecular weight excluding hydrogens is 321 g/mol. The van der Waals surface area contributed by atoms with E-state index >= 15 is 0 Å². The van der Waals surface area contributed by atoms with Gasteiger partial charge in [-0.05, 0) is 35.9 Å². The van der Waals surface area contributed by atoms with Crippen molar-refractivity contribution in [2.24, 2.45) is 0 Å². The van der Waals surface area contributed by atoms with Gasteiger partial charge >= 0.3 is 5.97 Å². The summed E-state index contributed by atoms with van der Waals surface area (Å²) in [7, 11) is 0. The Morgan fingerprint density at radius 1 is 1.13 bits per heavy atom. The molecule has 0 unspecified atom stereocenters. The molecule has 0 aromatic heterocycles. The number of hydrogen-bond donors (Lipinski definition) is 1. The van der Waals surface area contributed by atoms with Gasteiger partial charge in [-0.3, -0.25) is 4.79 Å². The van der Waals surface area contributed by atoms with Crippen LogP contribution >= 0.6 is 11.6 Å². The molecule has 0 heterocycles. The lowest BCUT2D eigenvalue weighted by atomic mass is 10.2. The second kappa shape index (κ2) is 8.10. The molecule has 1 N–H and O–H groups in total. The van der Waals surface area contributed by atoms with Crippen molar-refractivity contribution in [3.8, 4) is 0 Å². The van der Waals surface area contributed by atoms with Crippen molar-refractivity contribution >= 4 is 35.2 Å². The highest BCUT2D eigenvalue weighted by Crippen LogP contribution is 2.20. The van der Waals surface area contributed by atoms with Crippen LogP contribution in [0.1, 0.15) is 5.56 Å². The molecule has 0 saturated carbocycles. The lowest BCUT2D eigenvalue weighted by molar-refractivity contribution is -0.142. The van der Waals surface area contributed by atoms with Gasteiger partial charge in [0.1, 0.15) is 5.82 Å². The molecule has 0 atom stereocenters. The first-order chi connectivity index (χ1) is 11.0. The minimum Gasteiger partial charge on any atom is -0.452 e. The third-order valence-electron chi connectivity index (χ3n) is 2.78. The maximum atomic E-state index is 12.7. The molecule has 2 rings (SSSR count). The number of esters is 1. The number of ether oxygens (including phenoxy) is 1. The van der Waals surface area contributed by atoms with Crippen molar-refractivity contribution < 1.29 is 18.7 Å². The first kappa shape index (κ1) is 16.7.